The Morgan fingerprint density at radius 1 is 1.50 bits per heavy atom. The third-order valence-corrected chi connectivity index (χ3v) is 1.82. The van der Waals surface area contributed by atoms with E-state index in [1.807, 2.05) is 25.2 Å². The maximum atomic E-state index is 8.70. The Kier molecular flexibility index (Phi) is 2.94. The van der Waals surface area contributed by atoms with Crippen LogP contribution in [0.5, 0.6) is 0 Å². The largest absolute Gasteiger partial charge is 0.398 e. The lowest BCUT2D eigenvalue weighted by Gasteiger charge is -2.06. The van der Waals surface area contributed by atoms with Crippen molar-refractivity contribution in [3.8, 4) is 0 Å². The van der Waals surface area contributed by atoms with Crippen LogP contribution < -0.4 is 11.1 Å². The molecule has 0 aromatic heterocycles. The summed E-state index contributed by atoms with van der Waals surface area (Å²) in [6, 6.07) is 5.74. The average Bonchev–Trinajstić information content (AvgIpc) is 2.09. The Bertz CT molecular complexity index is 261. The first-order chi connectivity index (χ1) is 5.77. The fraction of sp³-hybridized carbons (Fsp3) is 0.333. The van der Waals surface area contributed by atoms with Crippen LogP contribution in [0.2, 0.25) is 0 Å². The van der Waals surface area contributed by atoms with Gasteiger partial charge in [-0.15, -0.1) is 0 Å². The van der Waals surface area contributed by atoms with Crippen LogP contribution >= 0.6 is 0 Å². The highest BCUT2D eigenvalue weighted by molar-refractivity contribution is 5.58. The van der Waals surface area contributed by atoms with Gasteiger partial charge in [0.05, 0.1) is 0 Å². The van der Waals surface area contributed by atoms with Crippen molar-refractivity contribution in [2.24, 2.45) is 0 Å². The number of hydrogen-bond acceptors (Lipinski definition) is 3. The molecule has 0 spiro atoms. The van der Waals surface area contributed by atoms with Crippen LogP contribution in [0.4, 0.5) is 11.4 Å². The summed E-state index contributed by atoms with van der Waals surface area (Å²) in [6.07, 6.45) is 0.621. The van der Waals surface area contributed by atoms with E-state index in [9.17, 15) is 0 Å². The first-order valence-corrected chi connectivity index (χ1v) is 3.95. The maximum absolute atomic E-state index is 8.70. The van der Waals surface area contributed by atoms with E-state index in [1.165, 1.54) is 0 Å². The highest BCUT2D eigenvalue weighted by Gasteiger charge is 1.98. The second-order valence-corrected chi connectivity index (χ2v) is 2.64. The van der Waals surface area contributed by atoms with Crippen LogP contribution in [0.15, 0.2) is 18.2 Å². The highest BCUT2D eigenvalue weighted by atomic mass is 16.2. The van der Waals surface area contributed by atoms with Gasteiger partial charge in [0.25, 0.3) is 0 Å². The summed E-state index contributed by atoms with van der Waals surface area (Å²) >= 11 is 0. The molecule has 0 aliphatic rings. The molecule has 0 amide bonds. The second-order valence-electron chi connectivity index (χ2n) is 2.64. The van der Waals surface area contributed by atoms with Gasteiger partial charge in [-0.25, -0.2) is 0 Å². The Morgan fingerprint density at radius 2 is 2.25 bits per heavy atom. The summed E-state index contributed by atoms with van der Waals surface area (Å²) in [7, 11) is 1.85. The standard InChI is InChI=1S/C9H14N2O/c1-11-8-3-2-7(4-5-12)9(10)6-8/h2-3,6,11-12H,4-5,10H2,1H3. The Balaban J connectivity index is 2.87. The van der Waals surface area contributed by atoms with Crippen LogP contribution in [0.3, 0.4) is 0 Å². The quantitative estimate of drug-likeness (QED) is 0.583. The highest BCUT2D eigenvalue weighted by Crippen LogP contribution is 2.17. The number of aliphatic hydroxyl groups is 1. The summed E-state index contributed by atoms with van der Waals surface area (Å²) in [6.45, 7) is 0.142. The number of benzene rings is 1. The fourth-order valence-electron chi connectivity index (χ4n) is 1.10. The van der Waals surface area contributed by atoms with Crippen molar-refractivity contribution in [1.29, 1.82) is 0 Å². The Labute approximate surface area is 72.2 Å². The van der Waals surface area contributed by atoms with Gasteiger partial charge in [0.2, 0.25) is 0 Å². The molecule has 0 heterocycles. The number of nitrogen functional groups attached to an aromatic ring is 1. The molecule has 0 bridgehead atoms. The molecule has 0 fully saturated rings. The van der Waals surface area contributed by atoms with E-state index in [1.54, 1.807) is 0 Å². The minimum absolute atomic E-state index is 0.142. The third-order valence-electron chi connectivity index (χ3n) is 1.82. The summed E-state index contributed by atoms with van der Waals surface area (Å²) in [5.41, 5.74) is 8.46. The average molecular weight is 166 g/mol. The zero-order chi connectivity index (χ0) is 8.97. The summed E-state index contributed by atoms with van der Waals surface area (Å²) in [4.78, 5) is 0. The van der Waals surface area contributed by atoms with Crippen molar-refractivity contribution < 1.29 is 5.11 Å². The minimum Gasteiger partial charge on any atom is -0.398 e. The van der Waals surface area contributed by atoms with E-state index in [0.29, 0.717) is 6.42 Å². The van der Waals surface area contributed by atoms with Gasteiger partial charge < -0.3 is 16.2 Å². The number of anilines is 2. The Morgan fingerprint density at radius 3 is 2.75 bits per heavy atom. The van der Waals surface area contributed by atoms with Gasteiger partial charge >= 0.3 is 0 Å². The smallest absolute Gasteiger partial charge is 0.0472 e. The molecule has 66 valence electrons. The van der Waals surface area contributed by atoms with E-state index in [2.05, 4.69) is 5.32 Å². The molecule has 4 N–H and O–H groups in total. The summed E-state index contributed by atoms with van der Waals surface area (Å²) in [5, 5.41) is 11.7. The zero-order valence-corrected chi connectivity index (χ0v) is 7.17. The van der Waals surface area contributed by atoms with Crippen molar-refractivity contribution in [2.45, 2.75) is 6.42 Å². The molecular weight excluding hydrogens is 152 g/mol. The monoisotopic (exact) mass is 166 g/mol. The molecule has 0 atom stereocenters. The first kappa shape index (κ1) is 8.87. The molecule has 0 saturated heterocycles. The number of aliphatic hydroxyl groups excluding tert-OH is 1. The minimum atomic E-state index is 0.142. The molecule has 1 rings (SSSR count). The number of nitrogens with one attached hydrogen (secondary N) is 1. The van der Waals surface area contributed by atoms with Crippen LogP contribution in [0.1, 0.15) is 5.56 Å². The summed E-state index contributed by atoms with van der Waals surface area (Å²) < 4.78 is 0. The van der Waals surface area contributed by atoms with E-state index >= 15 is 0 Å². The van der Waals surface area contributed by atoms with Crippen LogP contribution in [-0.4, -0.2) is 18.8 Å². The molecule has 0 radical (unpaired) electrons. The Hall–Kier alpha value is -1.22. The van der Waals surface area contributed by atoms with Gasteiger partial charge in [-0.1, -0.05) is 6.07 Å². The molecular formula is C9H14N2O. The van der Waals surface area contributed by atoms with Crippen LogP contribution in [-0.2, 0) is 6.42 Å². The van der Waals surface area contributed by atoms with E-state index in [-0.39, 0.29) is 6.61 Å². The van der Waals surface area contributed by atoms with Crippen molar-refractivity contribution >= 4 is 11.4 Å². The van der Waals surface area contributed by atoms with Gasteiger partial charge in [0, 0.05) is 25.0 Å². The molecule has 0 unspecified atom stereocenters. The van der Waals surface area contributed by atoms with Gasteiger partial charge in [0.15, 0.2) is 0 Å². The second kappa shape index (κ2) is 3.97. The predicted molar refractivity (Wildman–Crippen MR) is 51.2 cm³/mol. The van der Waals surface area contributed by atoms with Crippen LogP contribution in [0.25, 0.3) is 0 Å². The zero-order valence-electron chi connectivity index (χ0n) is 7.17. The lowest BCUT2D eigenvalue weighted by Crippen LogP contribution is -1.98. The van der Waals surface area contributed by atoms with Crippen molar-refractivity contribution in [3.05, 3.63) is 23.8 Å². The van der Waals surface area contributed by atoms with Gasteiger partial charge in [0.1, 0.15) is 0 Å². The molecule has 0 aliphatic heterocycles. The fourth-order valence-corrected chi connectivity index (χ4v) is 1.10. The van der Waals surface area contributed by atoms with E-state index in [4.69, 9.17) is 10.8 Å². The third kappa shape index (κ3) is 1.89. The van der Waals surface area contributed by atoms with Crippen molar-refractivity contribution in [3.63, 3.8) is 0 Å². The van der Waals surface area contributed by atoms with E-state index < -0.39 is 0 Å². The normalized spacial score (nSPS) is 9.83. The number of nitrogens with two attached hydrogens (primary N) is 1. The topological polar surface area (TPSA) is 58.3 Å². The van der Waals surface area contributed by atoms with Crippen LogP contribution in [0, 0.1) is 0 Å². The molecule has 1 aromatic carbocycles. The predicted octanol–water partition coefficient (Wildman–Crippen LogP) is 0.845. The van der Waals surface area contributed by atoms with Gasteiger partial charge in [-0.05, 0) is 24.1 Å². The number of hydrogen-bond donors (Lipinski definition) is 3. The van der Waals surface area contributed by atoms with Crippen molar-refractivity contribution in [2.75, 3.05) is 24.7 Å². The number of rotatable bonds is 3. The molecule has 3 heteroatoms. The molecule has 12 heavy (non-hydrogen) atoms. The molecule has 3 nitrogen and oxygen atoms in total. The molecule has 1 aromatic rings. The SMILES string of the molecule is CNc1ccc(CCO)c(N)c1. The molecule has 0 aliphatic carbocycles. The van der Waals surface area contributed by atoms with E-state index in [0.717, 1.165) is 16.9 Å². The first-order valence-electron chi connectivity index (χ1n) is 3.95. The van der Waals surface area contributed by atoms with Crippen molar-refractivity contribution in [1.82, 2.24) is 0 Å². The lowest BCUT2D eigenvalue weighted by atomic mass is 10.1. The van der Waals surface area contributed by atoms with Gasteiger partial charge in [-0.2, -0.15) is 0 Å². The molecule has 0 saturated carbocycles. The maximum Gasteiger partial charge on any atom is 0.0472 e. The van der Waals surface area contributed by atoms with Gasteiger partial charge in [-0.3, -0.25) is 0 Å². The summed E-state index contributed by atoms with van der Waals surface area (Å²) in [5.74, 6) is 0. The lowest BCUT2D eigenvalue weighted by molar-refractivity contribution is 0.300.